The zero-order chi connectivity index (χ0) is 17.1. The number of halogens is 2. The summed E-state index contributed by atoms with van der Waals surface area (Å²) in [6.45, 7) is 2.04. The van der Waals surface area contributed by atoms with Gasteiger partial charge in [0.2, 0.25) is 11.6 Å². The molecule has 8 nitrogen and oxygen atoms in total. The molecule has 1 aromatic carbocycles. The first-order valence-corrected chi connectivity index (χ1v) is 7.85. The van der Waals surface area contributed by atoms with E-state index in [4.69, 9.17) is 27.9 Å². The summed E-state index contributed by atoms with van der Waals surface area (Å²) in [4.78, 5) is 21.0. The molecule has 1 fully saturated rings. The van der Waals surface area contributed by atoms with Crippen molar-refractivity contribution in [3.05, 3.63) is 44.7 Å². The third-order valence-electron chi connectivity index (χ3n) is 3.42. The van der Waals surface area contributed by atoms with Crippen molar-refractivity contribution in [2.24, 2.45) is 0 Å². The second-order valence-electron chi connectivity index (χ2n) is 5.03. The Morgan fingerprint density at radius 3 is 2.46 bits per heavy atom. The minimum atomic E-state index is -0.501. The molecule has 1 aromatic heterocycles. The molecule has 10 heteroatoms. The van der Waals surface area contributed by atoms with Gasteiger partial charge in [-0.15, -0.1) is 0 Å². The molecule has 0 saturated carbocycles. The third-order valence-corrected chi connectivity index (χ3v) is 3.86. The number of rotatable bonds is 4. The topological polar surface area (TPSA) is 93.4 Å². The van der Waals surface area contributed by atoms with Gasteiger partial charge in [0.15, 0.2) is 0 Å². The van der Waals surface area contributed by atoms with Gasteiger partial charge in [-0.3, -0.25) is 10.1 Å². The van der Waals surface area contributed by atoms with Crippen molar-refractivity contribution in [3.63, 3.8) is 0 Å². The summed E-state index contributed by atoms with van der Waals surface area (Å²) < 4.78 is 5.27. The summed E-state index contributed by atoms with van der Waals surface area (Å²) in [6, 6.07) is 4.78. The first-order valence-electron chi connectivity index (χ1n) is 7.10. The molecule has 1 saturated heterocycles. The maximum Gasteiger partial charge on any atom is 0.353 e. The van der Waals surface area contributed by atoms with Gasteiger partial charge in [0.25, 0.3) is 0 Å². The van der Waals surface area contributed by atoms with Crippen LogP contribution in [0, 0.1) is 10.1 Å². The Kier molecular flexibility index (Phi) is 4.98. The summed E-state index contributed by atoms with van der Waals surface area (Å²) in [5.41, 5.74) is 0.303. The van der Waals surface area contributed by atoms with Gasteiger partial charge in [0.05, 0.1) is 18.1 Å². The van der Waals surface area contributed by atoms with Gasteiger partial charge in [-0.1, -0.05) is 23.2 Å². The first kappa shape index (κ1) is 16.7. The van der Waals surface area contributed by atoms with E-state index in [1.807, 2.05) is 0 Å². The fourth-order valence-corrected chi connectivity index (χ4v) is 2.92. The van der Waals surface area contributed by atoms with Crippen LogP contribution in [-0.4, -0.2) is 41.2 Å². The van der Waals surface area contributed by atoms with Gasteiger partial charge in [-0.05, 0) is 18.2 Å². The molecule has 126 valence electrons. The predicted molar refractivity (Wildman–Crippen MR) is 91.5 cm³/mol. The van der Waals surface area contributed by atoms with Crippen molar-refractivity contribution in [2.75, 3.05) is 36.5 Å². The van der Waals surface area contributed by atoms with E-state index in [1.165, 1.54) is 6.33 Å². The van der Waals surface area contributed by atoms with E-state index in [0.717, 1.165) is 0 Å². The van der Waals surface area contributed by atoms with E-state index in [0.29, 0.717) is 42.0 Å². The zero-order valence-electron chi connectivity index (χ0n) is 12.4. The highest BCUT2D eigenvalue weighted by Crippen LogP contribution is 2.34. The van der Waals surface area contributed by atoms with E-state index < -0.39 is 4.92 Å². The molecule has 0 amide bonds. The summed E-state index contributed by atoms with van der Waals surface area (Å²) in [5.74, 6) is 0.337. The highest BCUT2D eigenvalue weighted by molar-refractivity contribution is 6.35. The number of nitrogens with zero attached hydrogens (tertiary/aromatic N) is 4. The third kappa shape index (κ3) is 3.66. The van der Waals surface area contributed by atoms with Crippen LogP contribution in [0.5, 0.6) is 0 Å². The Morgan fingerprint density at radius 1 is 1.17 bits per heavy atom. The molecule has 1 aliphatic heterocycles. The lowest BCUT2D eigenvalue weighted by atomic mass is 10.3. The average Bonchev–Trinajstić information content (AvgIpc) is 2.54. The molecule has 24 heavy (non-hydrogen) atoms. The van der Waals surface area contributed by atoms with Crippen LogP contribution in [0.25, 0.3) is 0 Å². The fourth-order valence-electron chi connectivity index (χ4n) is 2.40. The van der Waals surface area contributed by atoms with Crippen molar-refractivity contribution in [3.8, 4) is 0 Å². The van der Waals surface area contributed by atoms with Gasteiger partial charge in [0, 0.05) is 28.8 Å². The van der Waals surface area contributed by atoms with Crippen LogP contribution in [0.2, 0.25) is 10.0 Å². The van der Waals surface area contributed by atoms with Gasteiger partial charge in [-0.25, -0.2) is 9.97 Å². The summed E-state index contributed by atoms with van der Waals surface area (Å²) in [6.07, 6.45) is 1.28. The molecule has 3 rings (SSSR count). The Hall–Kier alpha value is -2.16. The molecule has 0 unspecified atom stereocenters. The number of nitro groups is 1. The lowest BCUT2D eigenvalue weighted by molar-refractivity contribution is -0.383. The molecule has 0 radical (unpaired) electrons. The minimum absolute atomic E-state index is 0.0785. The van der Waals surface area contributed by atoms with Crippen molar-refractivity contribution < 1.29 is 9.66 Å². The maximum absolute atomic E-state index is 11.6. The molecular weight excluding hydrogens is 357 g/mol. The van der Waals surface area contributed by atoms with Crippen LogP contribution >= 0.6 is 23.2 Å². The van der Waals surface area contributed by atoms with Gasteiger partial charge in [0.1, 0.15) is 6.33 Å². The number of ether oxygens (including phenoxy) is 1. The van der Waals surface area contributed by atoms with Crippen LogP contribution < -0.4 is 10.2 Å². The van der Waals surface area contributed by atoms with Gasteiger partial charge >= 0.3 is 5.69 Å². The van der Waals surface area contributed by atoms with Gasteiger partial charge in [-0.2, -0.15) is 0 Å². The SMILES string of the molecule is O=[N+]([O-])c1c(Nc2cc(Cl)cc(Cl)c2)ncnc1N1CCOCC1. The smallest absolute Gasteiger partial charge is 0.353 e. The van der Waals surface area contributed by atoms with Crippen LogP contribution in [0.15, 0.2) is 24.5 Å². The Balaban J connectivity index is 1.99. The number of aromatic nitrogens is 2. The highest BCUT2D eigenvalue weighted by atomic mass is 35.5. The van der Waals surface area contributed by atoms with E-state index in [2.05, 4.69) is 15.3 Å². The Morgan fingerprint density at radius 2 is 1.83 bits per heavy atom. The Labute approximate surface area is 147 Å². The number of hydrogen-bond donors (Lipinski definition) is 1. The average molecular weight is 370 g/mol. The van der Waals surface area contributed by atoms with Crippen molar-refractivity contribution in [1.82, 2.24) is 9.97 Å². The van der Waals surface area contributed by atoms with Crippen molar-refractivity contribution in [1.29, 1.82) is 0 Å². The summed E-state index contributed by atoms with van der Waals surface area (Å²) in [5, 5.41) is 15.3. The van der Waals surface area contributed by atoms with E-state index >= 15 is 0 Å². The standard InChI is InChI=1S/C14H13Cl2N5O3/c15-9-5-10(16)7-11(6-9)19-13-12(21(22)23)14(18-8-17-13)20-1-3-24-4-2-20/h5-8H,1-4H2,(H,17,18,19). The van der Waals surface area contributed by atoms with Crippen LogP contribution in [-0.2, 0) is 4.74 Å². The largest absolute Gasteiger partial charge is 0.378 e. The van der Waals surface area contributed by atoms with Crippen molar-refractivity contribution in [2.45, 2.75) is 0 Å². The second kappa shape index (κ2) is 7.16. The quantitative estimate of drug-likeness (QED) is 0.652. The minimum Gasteiger partial charge on any atom is -0.378 e. The van der Waals surface area contributed by atoms with Crippen LogP contribution in [0.4, 0.5) is 23.0 Å². The number of benzene rings is 1. The number of morpholine rings is 1. The molecule has 0 spiro atoms. The summed E-state index contributed by atoms with van der Waals surface area (Å²) in [7, 11) is 0. The first-order chi connectivity index (χ1) is 11.5. The predicted octanol–water partition coefficient (Wildman–Crippen LogP) is 3.27. The van der Waals surface area contributed by atoms with Crippen LogP contribution in [0.3, 0.4) is 0 Å². The van der Waals surface area contributed by atoms with Gasteiger partial charge < -0.3 is 15.0 Å². The molecule has 2 heterocycles. The van der Waals surface area contributed by atoms with E-state index in [-0.39, 0.29) is 17.3 Å². The van der Waals surface area contributed by atoms with E-state index in [1.54, 1.807) is 23.1 Å². The summed E-state index contributed by atoms with van der Waals surface area (Å²) >= 11 is 11.9. The molecule has 0 aliphatic carbocycles. The molecule has 1 N–H and O–H groups in total. The molecule has 2 aromatic rings. The van der Waals surface area contributed by atoms with Crippen LogP contribution in [0.1, 0.15) is 0 Å². The normalized spacial score (nSPS) is 14.5. The molecule has 0 atom stereocenters. The molecule has 0 bridgehead atoms. The molecular formula is C14H13Cl2N5O3. The van der Waals surface area contributed by atoms with Crippen molar-refractivity contribution >= 4 is 46.2 Å². The second-order valence-corrected chi connectivity index (χ2v) is 5.91. The zero-order valence-corrected chi connectivity index (χ0v) is 13.9. The maximum atomic E-state index is 11.6. The molecule has 1 aliphatic rings. The highest BCUT2D eigenvalue weighted by Gasteiger charge is 2.28. The van der Waals surface area contributed by atoms with E-state index in [9.17, 15) is 10.1 Å². The lowest BCUT2D eigenvalue weighted by Crippen LogP contribution is -2.37. The number of nitrogens with one attached hydrogen (secondary N) is 1. The number of anilines is 3. The fraction of sp³-hybridized carbons (Fsp3) is 0.286. The lowest BCUT2D eigenvalue weighted by Gasteiger charge is -2.27. The number of hydrogen-bond acceptors (Lipinski definition) is 7. The monoisotopic (exact) mass is 369 g/mol. The Bertz CT molecular complexity index is 748.